The summed E-state index contributed by atoms with van der Waals surface area (Å²) in [7, 11) is 5.27. The zero-order chi connectivity index (χ0) is 13.3. The maximum atomic E-state index is 5.44. The fourth-order valence-electron chi connectivity index (χ4n) is 2.23. The molecule has 4 nitrogen and oxygen atoms in total. The number of aryl methyl sites for hydroxylation is 2. The quantitative estimate of drug-likeness (QED) is 0.835. The molecule has 0 saturated carbocycles. The van der Waals surface area contributed by atoms with Gasteiger partial charge in [0.2, 0.25) is 0 Å². The number of aromatic nitrogens is 2. The molecule has 0 atom stereocenters. The van der Waals surface area contributed by atoms with Crippen molar-refractivity contribution in [3.8, 4) is 22.6 Å². The molecule has 2 rings (SSSR count). The van der Waals surface area contributed by atoms with Gasteiger partial charge in [0.15, 0.2) is 0 Å². The Balaban J connectivity index is 2.76. The van der Waals surface area contributed by atoms with Crippen LogP contribution in [0.4, 0.5) is 0 Å². The molecule has 0 aliphatic rings. The molecule has 0 unspecified atom stereocenters. The van der Waals surface area contributed by atoms with E-state index in [1.807, 2.05) is 43.8 Å². The van der Waals surface area contributed by atoms with Gasteiger partial charge in [-0.15, -0.1) is 0 Å². The highest BCUT2D eigenvalue weighted by atomic mass is 16.5. The van der Waals surface area contributed by atoms with Gasteiger partial charge in [-0.05, 0) is 26.0 Å². The number of rotatable bonds is 3. The van der Waals surface area contributed by atoms with E-state index in [2.05, 4.69) is 5.10 Å². The number of methoxy groups -OCH3 is 2. The molecule has 0 fully saturated rings. The van der Waals surface area contributed by atoms with Gasteiger partial charge in [-0.2, -0.15) is 5.10 Å². The number of benzene rings is 1. The molecule has 1 heterocycles. The topological polar surface area (TPSA) is 36.3 Å². The highest BCUT2D eigenvalue weighted by molar-refractivity contribution is 5.80. The van der Waals surface area contributed by atoms with Crippen LogP contribution in [0.25, 0.3) is 11.1 Å². The van der Waals surface area contributed by atoms with Crippen LogP contribution in [0, 0.1) is 13.8 Å². The molecular weight excluding hydrogens is 228 g/mol. The Hall–Kier alpha value is -1.97. The van der Waals surface area contributed by atoms with Crippen molar-refractivity contribution in [3.05, 3.63) is 29.6 Å². The van der Waals surface area contributed by atoms with Gasteiger partial charge in [0.1, 0.15) is 11.5 Å². The second-order valence-electron chi connectivity index (χ2n) is 4.21. The normalized spacial score (nSPS) is 10.5. The van der Waals surface area contributed by atoms with Gasteiger partial charge in [-0.25, -0.2) is 0 Å². The smallest absolute Gasteiger partial charge is 0.130 e. The second kappa shape index (κ2) is 4.72. The van der Waals surface area contributed by atoms with Crippen LogP contribution in [0.5, 0.6) is 11.5 Å². The molecule has 18 heavy (non-hydrogen) atoms. The van der Waals surface area contributed by atoms with Crippen molar-refractivity contribution >= 4 is 0 Å². The molecule has 0 amide bonds. The van der Waals surface area contributed by atoms with Crippen molar-refractivity contribution in [3.63, 3.8) is 0 Å². The summed E-state index contributed by atoms with van der Waals surface area (Å²) in [6.07, 6.45) is 0. The van der Waals surface area contributed by atoms with E-state index < -0.39 is 0 Å². The molecular formula is C14H18N2O2. The average molecular weight is 246 g/mol. The minimum absolute atomic E-state index is 0.800. The molecule has 0 spiro atoms. The second-order valence-corrected chi connectivity index (χ2v) is 4.21. The fourth-order valence-corrected chi connectivity index (χ4v) is 2.23. The molecule has 0 radical (unpaired) electrons. The summed E-state index contributed by atoms with van der Waals surface area (Å²) < 4.78 is 12.8. The molecule has 2 aromatic rings. The molecule has 0 bridgehead atoms. The molecule has 0 saturated heterocycles. The van der Waals surface area contributed by atoms with Crippen molar-refractivity contribution in [2.24, 2.45) is 7.05 Å². The van der Waals surface area contributed by atoms with E-state index in [0.29, 0.717) is 0 Å². The van der Waals surface area contributed by atoms with E-state index in [1.54, 1.807) is 14.2 Å². The van der Waals surface area contributed by atoms with Crippen molar-refractivity contribution in [2.45, 2.75) is 13.8 Å². The fraction of sp³-hybridized carbons (Fsp3) is 0.357. The minimum Gasteiger partial charge on any atom is -0.496 e. The van der Waals surface area contributed by atoms with E-state index >= 15 is 0 Å². The summed E-state index contributed by atoms with van der Waals surface area (Å²) in [6.45, 7) is 4.04. The SMILES string of the molecule is COc1cccc(OC)c1-c1c(C)nn(C)c1C. The predicted molar refractivity (Wildman–Crippen MR) is 71.2 cm³/mol. The zero-order valence-electron chi connectivity index (χ0n) is 11.4. The molecule has 4 heteroatoms. The summed E-state index contributed by atoms with van der Waals surface area (Å²) >= 11 is 0. The third kappa shape index (κ3) is 1.83. The average Bonchev–Trinajstić information content (AvgIpc) is 2.62. The Morgan fingerprint density at radius 3 is 1.94 bits per heavy atom. The minimum atomic E-state index is 0.800. The number of ether oxygens (including phenoxy) is 2. The summed E-state index contributed by atoms with van der Waals surface area (Å²) in [4.78, 5) is 0. The highest BCUT2D eigenvalue weighted by Crippen LogP contribution is 2.41. The van der Waals surface area contributed by atoms with Crippen molar-refractivity contribution in [1.29, 1.82) is 0 Å². The van der Waals surface area contributed by atoms with Crippen LogP contribution < -0.4 is 9.47 Å². The van der Waals surface area contributed by atoms with Crippen molar-refractivity contribution in [1.82, 2.24) is 9.78 Å². The Labute approximate surface area is 107 Å². The summed E-state index contributed by atoms with van der Waals surface area (Å²) in [5, 5.41) is 4.44. The van der Waals surface area contributed by atoms with Crippen LogP contribution in [0.3, 0.4) is 0 Å². The first kappa shape index (κ1) is 12.5. The first-order valence-electron chi connectivity index (χ1n) is 5.81. The Bertz CT molecular complexity index is 551. The molecule has 96 valence electrons. The molecule has 0 aliphatic carbocycles. The molecule has 1 aromatic carbocycles. The van der Waals surface area contributed by atoms with Crippen LogP contribution in [-0.2, 0) is 7.05 Å². The molecule has 1 aromatic heterocycles. The van der Waals surface area contributed by atoms with Crippen molar-refractivity contribution < 1.29 is 9.47 Å². The van der Waals surface area contributed by atoms with Gasteiger partial charge < -0.3 is 9.47 Å². The zero-order valence-corrected chi connectivity index (χ0v) is 11.4. The number of nitrogens with zero attached hydrogens (tertiary/aromatic N) is 2. The summed E-state index contributed by atoms with van der Waals surface area (Å²) in [5.74, 6) is 1.60. The number of hydrogen-bond donors (Lipinski definition) is 0. The Kier molecular flexibility index (Phi) is 3.28. The van der Waals surface area contributed by atoms with Gasteiger partial charge in [0.05, 0.1) is 25.5 Å². The largest absolute Gasteiger partial charge is 0.496 e. The molecule has 0 aliphatic heterocycles. The first-order valence-corrected chi connectivity index (χ1v) is 5.81. The van der Waals surface area contributed by atoms with Crippen LogP contribution in [0.2, 0.25) is 0 Å². The van der Waals surface area contributed by atoms with Gasteiger partial charge in [0.25, 0.3) is 0 Å². The highest BCUT2D eigenvalue weighted by Gasteiger charge is 2.19. The third-order valence-electron chi connectivity index (χ3n) is 3.19. The Morgan fingerprint density at radius 1 is 1.00 bits per heavy atom. The van der Waals surface area contributed by atoms with E-state index in [0.717, 1.165) is 34.0 Å². The first-order chi connectivity index (χ1) is 8.60. The lowest BCUT2D eigenvalue weighted by atomic mass is 10.0. The molecule has 0 N–H and O–H groups in total. The third-order valence-corrected chi connectivity index (χ3v) is 3.19. The maximum absolute atomic E-state index is 5.44. The van der Waals surface area contributed by atoms with Crippen LogP contribution in [0.15, 0.2) is 18.2 Å². The van der Waals surface area contributed by atoms with Gasteiger partial charge in [-0.3, -0.25) is 4.68 Å². The summed E-state index contributed by atoms with van der Waals surface area (Å²) in [6, 6.07) is 5.79. The monoisotopic (exact) mass is 246 g/mol. The Morgan fingerprint density at radius 2 is 1.56 bits per heavy atom. The van der Waals surface area contributed by atoms with Crippen LogP contribution in [-0.4, -0.2) is 24.0 Å². The van der Waals surface area contributed by atoms with Gasteiger partial charge in [-0.1, -0.05) is 6.07 Å². The van der Waals surface area contributed by atoms with Crippen molar-refractivity contribution in [2.75, 3.05) is 14.2 Å². The van der Waals surface area contributed by atoms with E-state index in [1.165, 1.54) is 0 Å². The summed E-state index contributed by atoms with van der Waals surface area (Å²) in [5.41, 5.74) is 4.10. The number of hydrogen-bond acceptors (Lipinski definition) is 3. The van der Waals surface area contributed by atoms with Gasteiger partial charge >= 0.3 is 0 Å². The van der Waals surface area contributed by atoms with E-state index in [-0.39, 0.29) is 0 Å². The van der Waals surface area contributed by atoms with E-state index in [9.17, 15) is 0 Å². The standard InChI is InChI=1S/C14H18N2O2/c1-9-13(10(2)16(3)15-9)14-11(17-4)7-6-8-12(14)18-5/h6-8H,1-5H3. The van der Waals surface area contributed by atoms with Crippen LogP contribution >= 0.6 is 0 Å². The maximum Gasteiger partial charge on any atom is 0.130 e. The van der Waals surface area contributed by atoms with Crippen LogP contribution in [0.1, 0.15) is 11.4 Å². The lowest BCUT2D eigenvalue weighted by Crippen LogP contribution is -1.96. The van der Waals surface area contributed by atoms with E-state index in [4.69, 9.17) is 9.47 Å². The predicted octanol–water partition coefficient (Wildman–Crippen LogP) is 2.72. The van der Waals surface area contributed by atoms with Gasteiger partial charge in [0, 0.05) is 18.3 Å². The lowest BCUT2D eigenvalue weighted by Gasteiger charge is -2.13. The lowest BCUT2D eigenvalue weighted by molar-refractivity contribution is 0.397.